The van der Waals surface area contributed by atoms with Crippen LogP contribution in [-0.4, -0.2) is 6.54 Å². The molecule has 0 saturated heterocycles. The van der Waals surface area contributed by atoms with Crippen LogP contribution < -0.4 is 5.32 Å². The highest BCUT2D eigenvalue weighted by atomic mass is 79.9. The van der Waals surface area contributed by atoms with E-state index in [0.29, 0.717) is 0 Å². The van der Waals surface area contributed by atoms with Gasteiger partial charge in [0, 0.05) is 16.7 Å². The molecule has 64 valence electrons. The largest absolute Gasteiger partial charge is 0.384 e. The standard InChI is InChI=1S/C9H9BrClN/c1-5-4-7(10)8(11)6-2-3-12-9(5)6/h4,12H,2-3H2,1H3. The van der Waals surface area contributed by atoms with Crippen molar-refractivity contribution in [2.45, 2.75) is 13.3 Å². The molecule has 1 aromatic carbocycles. The van der Waals surface area contributed by atoms with Gasteiger partial charge in [-0.15, -0.1) is 0 Å². The summed E-state index contributed by atoms with van der Waals surface area (Å²) < 4.78 is 1.00. The summed E-state index contributed by atoms with van der Waals surface area (Å²) in [5.74, 6) is 0. The molecule has 0 spiro atoms. The second-order valence-electron chi connectivity index (χ2n) is 3.02. The summed E-state index contributed by atoms with van der Waals surface area (Å²) in [4.78, 5) is 0. The van der Waals surface area contributed by atoms with Gasteiger partial charge in [-0.1, -0.05) is 11.6 Å². The van der Waals surface area contributed by atoms with Gasteiger partial charge in [0.2, 0.25) is 0 Å². The Morgan fingerprint density at radius 1 is 1.58 bits per heavy atom. The quantitative estimate of drug-likeness (QED) is 0.740. The van der Waals surface area contributed by atoms with Crippen LogP contribution in [0.1, 0.15) is 11.1 Å². The van der Waals surface area contributed by atoms with Gasteiger partial charge in [0.15, 0.2) is 0 Å². The predicted molar refractivity (Wildman–Crippen MR) is 56.1 cm³/mol. The Balaban J connectivity index is 2.69. The Kier molecular flexibility index (Phi) is 2.05. The zero-order valence-electron chi connectivity index (χ0n) is 6.75. The Morgan fingerprint density at radius 3 is 3.08 bits per heavy atom. The minimum atomic E-state index is 0.862. The van der Waals surface area contributed by atoms with Crippen LogP contribution >= 0.6 is 27.5 Å². The molecule has 1 aliphatic rings. The van der Waals surface area contributed by atoms with Crippen LogP contribution in [0.3, 0.4) is 0 Å². The van der Waals surface area contributed by atoms with Crippen molar-refractivity contribution < 1.29 is 0 Å². The molecule has 0 radical (unpaired) electrons. The Hall–Kier alpha value is -0.210. The van der Waals surface area contributed by atoms with E-state index in [-0.39, 0.29) is 0 Å². The first-order valence-corrected chi connectivity index (χ1v) is 5.08. The van der Waals surface area contributed by atoms with E-state index in [9.17, 15) is 0 Å². The molecule has 0 saturated carbocycles. The smallest absolute Gasteiger partial charge is 0.0601 e. The van der Waals surface area contributed by atoms with Gasteiger partial charge in [0.25, 0.3) is 0 Å². The van der Waals surface area contributed by atoms with Crippen LogP contribution in [0.4, 0.5) is 5.69 Å². The number of rotatable bonds is 0. The van der Waals surface area contributed by atoms with E-state index in [2.05, 4.69) is 34.2 Å². The third-order valence-corrected chi connectivity index (χ3v) is 3.48. The van der Waals surface area contributed by atoms with E-state index in [1.54, 1.807) is 0 Å². The van der Waals surface area contributed by atoms with Crippen molar-refractivity contribution in [1.29, 1.82) is 0 Å². The zero-order chi connectivity index (χ0) is 8.72. The number of hydrogen-bond acceptors (Lipinski definition) is 1. The number of hydrogen-bond donors (Lipinski definition) is 1. The third kappa shape index (κ3) is 1.14. The lowest BCUT2D eigenvalue weighted by Gasteiger charge is -2.07. The van der Waals surface area contributed by atoms with Crippen molar-refractivity contribution in [2.75, 3.05) is 11.9 Å². The first kappa shape index (κ1) is 8.39. The summed E-state index contributed by atoms with van der Waals surface area (Å²) in [6.07, 6.45) is 1.04. The molecule has 0 unspecified atom stereocenters. The van der Waals surface area contributed by atoms with Crippen LogP contribution in [0.25, 0.3) is 0 Å². The van der Waals surface area contributed by atoms with E-state index >= 15 is 0 Å². The Bertz CT molecular complexity index is 336. The van der Waals surface area contributed by atoms with Gasteiger partial charge in [-0.05, 0) is 46.5 Å². The van der Waals surface area contributed by atoms with Crippen LogP contribution in [-0.2, 0) is 6.42 Å². The van der Waals surface area contributed by atoms with Gasteiger partial charge in [-0.2, -0.15) is 0 Å². The summed E-state index contributed by atoms with van der Waals surface area (Å²) in [5.41, 5.74) is 3.74. The molecule has 0 atom stereocenters. The first-order valence-electron chi connectivity index (χ1n) is 3.91. The maximum absolute atomic E-state index is 6.12. The number of benzene rings is 1. The van der Waals surface area contributed by atoms with Crippen LogP contribution in [0.2, 0.25) is 5.02 Å². The molecular formula is C9H9BrClN. The van der Waals surface area contributed by atoms with Crippen molar-refractivity contribution in [3.63, 3.8) is 0 Å². The average Bonchev–Trinajstić information content (AvgIpc) is 2.48. The van der Waals surface area contributed by atoms with Gasteiger partial charge in [0.05, 0.1) is 5.02 Å². The summed E-state index contributed by atoms with van der Waals surface area (Å²) >= 11 is 9.56. The lowest BCUT2D eigenvalue weighted by atomic mass is 10.1. The van der Waals surface area contributed by atoms with Crippen molar-refractivity contribution in [3.8, 4) is 0 Å². The lowest BCUT2D eigenvalue weighted by molar-refractivity contribution is 1.10. The molecule has 0 amide bonds. The highest BCUT2D eigenvalue weighted by Gasteiger charge is 2.17. The summed E-state index contributed by atoms with van der Waals surface area (Å²) in [5, 5.41) is 4.19. The summed E-state index contributed by atoms with van der Waals surface area (Å²) in [6, 6.07) is 2.06. The number of nitrogens with one attached hydrogen (secondary N) is 1. The minimum Gasteiger partial charge on any atom is -0.384 e. The lowest BCUT2D eigenvalue weighted by Crippen LogP contribution is -1.92. The van der Waals surface area contributed by atoms with Gasteiger partial charge in [-0.3, -0.25) is 0 Å². The molecule has 0 bridgehead atoms. The molecule has 0 aromatic heterocycles. The topological polar surface area (TPSA) is 12.0 Å². The van der Waals surface area contributed by atoms with E-state index in [1.165, 1.54) is 16.8 Å². The van der Waals surface area contributed by atoms with Gasteiger partial charge in [0.1, 0.15) is 0 Å². The minimum absolute atomic E-state index is 0.862. The van der Waals surface area contributed by atoms with Crippen molar-refractivity contribution in [2.24, 2.45) is 0 Å². The fourth-order valence-electron chi connectivity index (χ4n) is 1.61. The molecule has 0 aliphatic carbocycles. The molecule has 1 nitrogen and oxygen atoms in total. The van der Waals surface area contributed by atoms with E-state index in [4.69, 9.17) is 11.6 Å². The number of anilines is 1. The Morgan fingerprint density at radius 2 is 2.33 bits per heavy atom. The first-order chi connectivity index (χ1) is 5.70. The van der Waals surface area contributed by atoms with E-state index < -0.39 is 0 Å². The SMILES string of the molecule is Cc1cc(Br)c(Cl)c2c1NCC2. The summed E-state index contributed by atoms with van der Waals surface area (Å²) in [7, 11) is 0. The molecule has 3 heteroatoms. The fourth-order valence-corrected chi connectivity index (χ4v) is 2.44. The normalized spacial score (nSPS) is 14.2. The second kappa shape index (κ2) is 2.93. The second-order valence-corrected chi connectivity index (χ2v) is 4.25. The maximum Gasteiger partial charge on any atom is 0.0601 e. The molecule has 1 heterocycles. The van der Waals surface area contributed by atoms with Crippen LogP contribution in [0.5, 0.6) is 0 Å². The van der Waals surface area contributed by atoms with Gasteiger partial charge >= 0.3 is 0 Å². The molecule has 1 aromatic rings. The molecule has 1 N–H and O–H groups in total. The number of fused-ring (bicyclic) bond motifs is 1. The number of halogens is 2. The highest BCUT2D eigenvalue weighted by Crippen LogP contribution is 2.37. The predicted octanol–water partition coefficient (Wildman–Crippen LogP) is 3.38. The van der Waals surface area contributed by atoms with Crippen molar-refractivity contribution in [1.82, 2.24) is 0 Å². The van der Waals surface area contributed by atoms with E-state index in [1.807, 2.05) is 0 Å². The monoisotopic (exact) mass is 245 g/mol. The molecular weight excluding hydrogens is 237 g/mol. The zero-order valence-corrected chi connectivity index (χ0v) is 9.09. The highest BCUT2D eigenvalue weighted by molar-refractivity contribution is 9.10. The third-order valence-electron chi connectivity index (χ3n) is 2.19. The maximum atomic E-state index is 6.12. The van der Waals surface area contributed by atoms with Crippen LogP contribution in [0, 0.1) is 6.92 Å². The molecule has 0 fully saturated rings. The molecule has 1 aliphatic heterocycles. The molecule has 12 heavy (non-hydrogen) atoms. The summed E-state index contributed by atoms with van der Waals surface area (Å²) in [6.45, 7) is 3.10. The van der Waals surface area contributed by atoms with Gasteiger partial charge < -0.3 is 5.32 Å². The van der Waals surface area contributed by atoms with Crippen LogP contribution in [0.15, 0.2) is 10.5 Å². The number of aryl methyl sites for hydroxylation is 1. The Labute approximate surface area is 85.2 Å². The van der Waals surface area contributed by atoms with Gasteiger partial charge in [-0.25, -0.2) is 0 Å². The molecule has 2 rings (SSSR count). The fraction of sp³-hybridized carbons (Fsp3) is 0.333. The van der Waals surface area contributed by atoms with E-state index in [0.717, 1.165) is 22.5 Å². The van der Waals surface area contributed by atoms with Crippen molar-refractivity contribution >= 4 is 33.2 Å². The average molecular weight is 247 g/mol. The van der Waals surface area contributed by atoms with Crippen molar-refractivity contribution in [3.05, 3.63) is 26.7 Å².